The molecule has 1 N–H and O–H groups in total. The van der Waals surface area contributed by atoms with Crippen LogP contribution in [-0.4, -0.2) is 38.8 Å². The second-order valence-electron chi connectivity index (χ2n) is 4.54. The first-order valence-electron chi connectivity index (χ1n) is 6.06. The van der Waals surface area contributed by atoms with E-state index in [1.54, 1.807) is 6.92 Å². The Morgan fingerprint density at radius 1 is 1.37 bits per heavy atom. The zero-order chi connectivity index (χ0) is 14.0. The summed E-state index contributed by atoms with van der Waals surface area (Å²) in [7, 11) is 0. The minimum atomic E-state index is -0.876. The molecular weight excluding hydrogens is 248 g/mol. The Balaban J connectivity index is 2.09. The van der Waals surface area contributed by atoms with Crippen molar-refractivity contribution in [2.24, 2.45) is 0 Å². The molecule has 6 nitrogen and oxygen atoms in total. The van der Waals surface area contributed by atoms with Crippen LogP contribution in [0.25, 0.3) is 0 Å². The molecule has 1 aliphatic rings. The number of carbonyl (C=O) groups excluding carboxylic acids is 2. The first-order valence-corrected chi connectivity index (χ1v) is 6.06. The fourth-order valence-corrected chi connectivity index (χ4v) is 2.18. The first kappa shape index (κ1) is 13.2. The molecule has 1 atom stereocenters. The number of fused-ring (bicyclic) bond motifs is 1. The normalized spacial score (nSPS) is 15.5. The van der Waals surface area contributed by atoms with Crippen LogP contribution in [0.15, 0.2) is 18.5 Å². The number of aliphatic carboxylic acids is 1. The molecule has 2 amide bonds. The van der Waals surface area contributed by atoms with Gasteiger partial charge in [0.1, 0.15) is 0 Å². The van der Waals surface area contributed by atoms with Crippen molar-refractivity contribution in [2.45, 2.75) is 32.2 Å². The van der Waals surface area contributed by atoms with Crippen molar-refractivity contribution in [2.75, 3.05) is 0 Å². The van der Waals surface area contributed by atoms with E-state index in [9.17, 15) is 14.4 Å². The number of carbonyl (C=O) groups is 3. The third kappa shape index (κ3) is 2.47. The third-order valence-corrected chi connectivity index (χ3v) is 3.17. The average Bonchev–Trinajstić information content (AvgIpc) is 2.62. The molecule has 2 rings (SSSR count). The molecule has 2 heterocycles. The number of rotatable bonds is 5. The van der Waals surface area contributed by atoms with E-state index < -0.39 is 5.97 Å². The van der Waals surface area contributed by atoms with E-state index in [2.05, 4.69) is 4.98 Å². The number of carboxylic acid groups (broad SMARTS) is 1. The predicted octanol–water partition coefficient (Wildman–Crippen LogP) is 1.32. The number of hydrogen-bond acceptors (Lipinski definition) is 4. The molecule has 0 saturated heterocycles. The topological polar surface area (TPSA) is 87.6 Å². The average molecular weight is 262 g/mol. The maximum Gasteiger partial charge on any atom is 0.303 e. The van der Waals surface area contributed by atoms with Crippen molar-refractivity contribution in [1.29, 1.82) is 0 Å². The van der Waals surface area contributed by atoms with Gasteiger partial charge in [-0.15, -0.1) is 0 Å². The third-order valence-electron chi connectivity index (χ3n) is 3.17. The number of carboxylic acids is 1. The minimum absolute atomic E-state index is 0.0368. The molecule has 1 aliphatic heterocycles. The first-order chi connectivity index (χ1) is 9.02. The van der Waals surface area contributed by atoms with Crippen molar-refractivity contribution < 1.29 is 19.5 Å². The van der Waals surface area contributed by atoms with Crippen LogP contribution in [0.2, 0.25) is 0 Å². The van der Waals surface area contributed by atoms with Crippen LogP contribution in [0.4, 0.5) is 0 Å². The lowest BCUT2D eigenvalue weighted by molar-refractivity contribution is -0.137. The molecule has 100 valence electrons. The summed E-state index contributed by atoms with van der Waals surface area (Å²) < 4.78 is 0. The zero-order valence-electron chi connectivity index (χ0n) is 10.5. The Labute approximate surface area is 110 Å². The van der Waals surface area contributed by atoms with Gasteiger partial charge in [-0.3, -0.25) is 24.3 Å². The number of amides is 2. The Bertz CT molecular complexity index is 506. The van der Waals surface area contributed by atoms with Gasteiger partial charge in [0.25, 0.3) is 11.8 Å². The number of imide groups is 1. The molecule has 0 aromatic carbocycles. The molecule has 0 saturated carbocycles. The summed E-state index contributed by atoms with van der Waals surface area (Å²) in [6.45, 7) is 1.75. The summed E-state index contributed by atoms with van der Waals surface area (Å²) in [6.07, 6.45) is 3.81. The molecule has 0 spiro atoms. The van der Waals surface area contributed by atoms with Crippen molar-refractivity contribution in [3.63, 3.8) is 0 Å². The van der Waals surface area contributed by atoms with Gasteiger partial charge in [0, 0.05) is 24.9 Å². The van der Waals surface area contributed by atoms with Gasteiger partial charge in [-0.05, 0) is 25.8 Å². The quantitative estimate of drug-likeness (QED) is 0.808. The lowest BCUT2D eigenvalue weighted by Crippen LogP contribution is -2.38. The lowest BCUT2D eigenvalue weighted by Gasteiger charge is -2.22. The highest BCUT2D eigenvalue weighted by atomic mass is 16.4. The van der Waals surface area contributed by atoms with Gasteiger partial charge in [0.2, 0.25) is 0 Å². The summed E-state index contributed by atoms with van der Waals surface area (Å²) in [5, 5.41) is 8.58. The molecule has 0 radical (unpaired) electrons. The van der Waals surface area contributed by atoms with E-state index in [1.807, 2.05) is 0 Å². The monoisotopic (exact) mass is 262 g/mol. The Morgan fingerprint density at radius 2 is 2.05 bits per heavy atom. The van der Waals surface area contributed by atoms with Gasteiger partial charge >= 0.3 is 5.97 Å². The SMILES string of the molecule is CC(CCCC(=O)O)N1C(=O)c2ccncc2C1=O. The zero-order valence-corrected chi connectivity index (χ0v) is 10.5. The van der Waals surface area contributed by atoms with Crippen LogP contribution >= 0.6 is 0 Å². The van der Waals surface area contributed by atoms with Crippen molar-refractivity contribution >= 4 is 17.8 Å². The Kier molecular flexibility index (Phi) is 3.59. The van der Waals surface area contributed by atoms with Crippen LogP contribution in [0.3, 0.4) is 0 Å². The Hall–Kier alpha value is -2.24. The van der Waals surface area contributed by atoms with E-state index in [0.717, 1.165) is 0 Å². The number of nitrogens with zero attached hydrogens (tertiary/aromatic N) is 2. The number of aromatic nitrogens is 1. The van der Waals surface area contributed by atoms with E-state index in [4.69, 9.17) is 5.11 Å². The predicted molar refractivity (Wildman–Crippen MR) is 65.7 cm³/mol. The van der Waals surface area contributed by atoms with Crippen LogP contribution in [0.5, 0.6) is 0 Å². The van der Waals surface area contributed by atoms with Gasteiger partial charge < -0.3 is 5.11 Å². The van der Waals surface area contributed by atoms with E-state index in [0.29, 0.717) is 24.0 Å². The second-order valence-corrected chi connectivity index (χ2v) is 4.54. The van der Waals surface area contributed by atoms with Crippen LogP contribution in [0.1, 0.15) is 46.9 Å². The van der Waals surface area contributed by atoms with Crippen LogP contribution in [-0.2, 0) is 4.79 Å². The van der Waals surface area contributed by atoms with Crippen molar-refractivity contribution in [3.05, 3.63) is 29.6 Å². The molecule has 1 aromatic rings. The van der Waals surface area contributed by atoms with Gasteiger partial charge in [-0.25, -0.2) is 0 Å². The number of pyridine rings is 1. The van der Waals surface area contributed by atoms with Crippen LogP contribution in [0, 0.1) is 0 Å². The summed E-state index contributed by atoms with van der Waals surface area (Å²) in [6, 6.07) is 1.21. The Morgan fingerprint density at radius 3 is 2.68 bits per heavy atom. The smallest absolute Gasteiger partial charge is 0.303 e. The number of hydrogen-bond donors (Lipinski definition) is 1. The molecular formula is C13H14N2O4. The highest BCUT2D eigenvalue weighted by Crippen LogP contribution is 2.25. The maximum atomic E-state index is 12.1. The molecule has 0 aliphatic carbocycles. The summed E-state index contributed by atoms with van der Waals surface area (Å²) in [5.74, 6) is -1.56. The molecule has 6 heteroatoms. The molecule has 1 aromatic heterocycles. The standard InChI is InChI=1S/C13H14N2O4/c1-8(3-2-4-11(16)17)15-12(18)9-5-6-14-7-10(9)13(15)19/h5-8H,2-4H2,1H3,(H,16,17). The summed E-state index contributed by atoms with van der Waals surface area (Å²) in [4.78, 5) is 39.7. The fourth-order valence-electron chi connectivity index (χ4n) is 2.18. The van der Waals surface area contributed by atoms with Gasteiger partial charge in [-0.2, -0.15) is 0 Å². The fraction of sp³-hybridized carbons (Fsp3) is 0.385. The molecule has 1 unspecified atom stereocenters. The highest BCUT2D eigenvalue weighted by Gasteiger charge is 2.38. The van der Waals surface area contributed by atoms with Gasteiger partial charge in [-0.1, -0.05) is 0 Å². The van der Waals surface area contributed by atoms with Gasteiger partial charge in [0.05, 0.1) is 11.1 Å². The van der Waals surface area contributed by atoms with E-state index >= 15 is 0 Å². The van der Waals surface area contributed by atoms with E-state index in [1.165, 1.54) is 23.4 Å². The van der Waals surface area contributed by atoms with E-state index in [-0.39, 0.29) is 24.3 Å². The molecule has 0 bridgehead atoms. The molecule has 19 heavy (non-hydrogen) atoms. The lowest BCUT2D eigenvalue weighted by atomic mass is 10.1. The summed E-state index contributed by atoms with van der Waals surface area (Å²) in [5.41, 5.74) is 0.683. The minimum Gasteiger partial charge on any atom is -0.481 e. The van der Waals surface area contributed by atoms with Crippen molar-refractivity contribution in [1.82, 2.24) is 9.88 Å². The summed E-state index contributed by atoms with van der Waals surface area (Å²) >= 11 is 0. The highest BCUT2D eigenvalue weighted by molar-refractivity contribution is 6.21. The molecule has 0 fully saturated rings. The maximum absolute atomic E-state index is 12.1. The van der Waals surface area contributed by atoms with Crippen molar-refractivity contribution in [3.8, 4) is 0 Å². The van der Waals surface area contributed by atoms with Gasteiger partial charge in [0.15, 0.2) is 0 Å². The largest absolute Gasteiger partial charge is 0.481 e. The van der Waals surface area contributed by atoms with Crippen LogP contribution < -0.4 is 0 Å². The second kappa shape index (κ2) is 5.17.